The van der Waals surface area contributed by atoms with Crippen LogP contribution in [0.25, 0.3) is 10.8 Å². The van der Waals surface area contributed by atoms with E-state index in [1.54, 1.807) is 0 Å². The molecule has 128 valence electrons. The molecule has 2 heteroatoms. The van der Waals surface area contributed by atoms with Gasteiger partial charge < -0.3 is 9.80 Å². The standard InChI is InChI=1S/C22H30N2/c1-5-6-22(17(2)3)24-13-11-23(12-14-24)21-10-9-19-15-18(4)7-8-20(19)16-21/h6-10,15-17H,5,11-14H2,1-4H3/b22-6-. The van der Waals surface area contributed by atoms with Crippen molar-refractivity contribution in [2.24, 2.45) is 5.92 Å². The second-order valence-corrected chi connectivity index (χ2v) is 7.20. The van der Waals surface area contributed by atoms with Gasteiger partial charge in [-0.3, -0.25) is 0 Å². The van der Waals surface area contributed by atoms with Crippen molar-refractivity contribution in [3.63, 3.8) is 0 Å². The van der Waals surface area contributed by atoms with E-state index < -0.39 is 0 Å². The van der Waals surface area contributed by atoms with Crippen LogP contribution in [0.1, 0.15) is 32.8 Å². The monoisotopic (exact) mass is 322 g/mol. The quantitative estimate of drug-likeness (QED) is 0.761. The average molecular weight is 322 g/mol. The lowest BCUT2D eigenvalue weighted by molar-refractivity contribution is 0.293. The van der Waals surface area contributed by atoms with Gasteiger partial charge in [0, 0.05) is 37.6 Å². The highest BCUT2D eigenvalue weighted by atomic mass is 15.3. The molecule has 0 amide bonds. The fraction of sp³-hybridized carbons (Fsp3) is 0.455. The van der Waals surface area contributed by atoms with Crippen LogP contribution in [0.15, 0.2) is 48.2 Å². The Morgan fingerprint density at radius 1 is 1.00 bits per heavy atom. The van der Waals surface area contributed by atoms with Crippen LogP contribution in [-0.2, 0) is 0 Å². The molecular formula is C22H30N2. The third-order valence-corrected chi connectivity index (χ3v) is 4.99. The summed E-state index contributed by atoms with van der Waals surface area (Å²) in [6, 6.07) is 13.6. The van der Waals surface area contributed by atoms with Crippen molar-refractivity contribution >= 4 is 16.5 Å². The first-order valence-electron chi connectivity index (χ1n) is 9.29. The van der Waals surface area contributed by atoms with Crippen LogP contribution in [0.4, 0.5) is 5.69 Å². The van der Waals surface area contributed by atoms with Gasteiger partial charge in [-0.1, -0.05) is 56.7 Å². The van der Waals surface area contributed by atoms with E-state index in [-0.39, 0.29) is 0 Å². The lowest BCUT2D eigenvalue weighted by Crippen LogP contribution is -2.46. The lowest BCUT2D eigenvalue weighted by atomic mass is 10.1. The normalized spacial score (nSPS) is 16.3. The first-order valence-corrected chi connectivity index (χ1v) is 9.29. The summed E-state index contributed by atoms with van der Waals surface area (Å²) in [5.74, 6) is 0.611. The maximum atomic E-state index is 2.58. The summed E-state index contributed by atoms with van der Waals surface area (Å²) in [5, 5.41) is 2.68. The lowest BCUT2D eigenvalue weighted by Gasteiger charge is -2.39. The van der Waals surface area contributed by atoms with Gasteiger partial charge in [0.15, 0.2) is 0 Å². The summed E-state index contributed by atoms with van der Waals surface area (Å²) in [4.78, 5) is 5.11. The van der Waals surface area contributed by atoms with Crippen LogP contribution in [-0.4, -0.2) is 31.1 Å². The predicted octanol–water partition coefficient (Wildman–Crippen LogP) is 5.22. The number of benzene rings is 2. The first-order chi connectivity index (χ1) is 11.6. The zero-order chi connectivity index (χ0) is 17.1. The summed E-state index contributed by atoms with van der Waals surface area (Å²) in [5.41, 5.74) is 4.20. The zero-order valence-electron chi connectivity index (χ0n) is 15.5. The molecule has 0 aromatic heterocycles. The molecule has 0 radical (unpaired) electrons. The van der Waals surface area contributed by atoms with Crippen molar-refractivity contribution in [1.29, 1.82) is 0 Å². The number of rotatable bonds is 4. The topological polar surface area (TPSA) is 6.48 Å². The van der Waals surface area contributed by atoms with Gasteiger partial charge in [-0.15, -0.1) is 0 Å². The Bertz CT molecular complexity index is 722. The molecule has 0 unspecified atom stereocenters. The number of anilines is 1. The number of fused-ring (bicyclic) bond motifs is 1. The van der Waals surface area contributed by atoms with Crippen LogP contribution in [0.2, 0.25) is 0 Å². The summed E-state index contributed by atoms with van der Waals surface area (Å²) < 4.78 is 0. The fourth-order valence-electron chi connectivity index (χ4n) is 3.71. The van der Waals surface area contributed by atoms with Gasteiger partial charge in [0.25, 0.3) is 0 Å². The Morgan fingerprint density at radius 3 is 2.33 bits per heavy atom. The third kappa shape index (κ3) is 3.58. The van der Waals surface area contributed by atoms with Crippen molar-refractivity contribution < 1.29 is 0 Å². The Morgan fingerprint density at radius 2 is 1.67 bits per heavy atom. The molecule has 0 spiro atoms. The summed E-state index contributed by atoms with van der Waals surface area (Å²) >= 11 is 0. The van der Waals surface area contributed by atoms with Crippen LogP contribution in [0.5, 0.6) is 0 Å². The highest BCUT2D eigenvalue weighted by molar-refractivity contribution is 5.86. The van der Waals surface area contributed by atoms with E-state index in [2.05, 4.69) is 80.0 Å². The number of piperazine rings is 1. The molecule has 0 atom stereocenters. The van der Waals surface area contributed by atoms with E-state index in [0.717, 1.165) is 32.6 Å². The molecule has 0 saturated carbocycles. The van der Waals surface area contributed by atoms with Crippen molar-refractivity contribution in [1.82, 2.24) is 4.90 Å². The van der Waals surface area contributed by atoms with Crippen molar-refractivity contribution in [2.45, 2.75) is 34.1 Å². The van der Waals surface area contributed by atoms with E-state index >= 15 is 0 Å². The Labute approximate surface area is 146 Å². The van der Waals surface area contributed by atoms with E-state index in [0.29, 0.717) is 5.92 Å². The molecule has 1 aliphatic rings. The molecule has 3 rings (SSSR count). The van der Waals surface area contributed by atoms with Gasteiger partial charge in [0.2, 0.25) is 0 Å². The van der Waals surface area contributed by atoms with Gasteiger partial charge in [-0.25, -0.2) is 0 Å². The molecule has 2 aromatic carbocycles. The van der Waals surface area contributed by atoms with Gasteiger partial charge in [0.1, 0.15) is 0 Å². The number of aryl methyl sites for hydroxylation is 1. The van der Waals surface area contributed by atoms with Gasteiger partial charge >= 0.3 is 0 Å². The Balaban J connectivity index is 1.72. The van der Waals surface area contributed by atoms with Crippen molar-refractivity contribution in [3.05, 3.63) is 53.7 Å². The maximum absolute atomic E-state index is 2.58. The second kappa shape index (κ2) is 7.29. The first kappa shape index (κ1) is 16.9. The predicted molar refractivity (Wildman–Crippen MR) is 106 cm³/mol. The van der Waals surface area contributed by atoms with Gasteiger partial charge in [-0.2, -0.15) is 0 Å². The summed E-state index contributed by atoms with van der Waals surface area (Å²) in [6.07, 6.45) is 3.52. The van der Waals surface area contributed by atoms with Crippen molar-refractivity contribution in [3.8, 4) is 0 Å². The highest BCUT2D eigenvalue weighted by Crippen LogP contribution is 2.25. The van der Waals surface area contributed by atoms with Gasteiger partial charge in [0.05, 0.1) is 0 Å². The minimum atomic E-state index is 0.611. The molecule has 24 heavy (non-hydrogen) atoms. The number of hydrogen-bond acceptors (Lipinski definition) is 2. The molecule has 2 aromatic rings. The minimum absolute atomic E-state index is 0.611. The molecule has 0 aliphatic carbocycles. The average Bonchev–Trinajstić information content (AvgIpc) is 2.59. The largest absolute Gasteiger partial charge is 0.371 e. The molecule has 1 aliphatic heterocycles. The third-order valence-electron chi connectivity index (χ3n) is 4.99. The van der Waals surface area contributed by atoms with Crippen molar-refractivity contribution in [2.75, 3.05) is 31.1 Å². The van der Waals surface area contributed by atoms with Gasteiger partial charge in [-0.05, 0) is 42.2 Å². The minimum Gasteiger partial charge on any atom is -0.371 e. The maximum Gasteiger partial charge on any atom is 0.0373 e. The molecule has 0 bridgehead atoms. The van der Waals surface area contributed by atoms with Crippen LogP contribution in [0.3, 0.4) is 0 Å². The Hall–Kier alpha value is -1.96. The zero-order valence-corrected chi connectivity index (χ0v) is 15.5. The summed E-state index contributed by atoms with van der Waals surface area (Å²) in [6.45, 7) is 13.4. The fourth-order valence-corrected chi connectivity index (χ4v) is 3.71. The molecule has 1 heterocycles. The number of nitrogens with zero attached hydrogens (tertiary/aromatic N) is 2. The number of hydrogen-bond donors (Lipinski definition) is 0. The number of allylic oxidation sites excluding steroid dienone is 2. The van der Waals surface area contributed by atoms with Crippen LogP contribution < -0.4 is 4.90 Å². The molecular weight excluding hydrogens is 292 g/mol. The van der Waals surface area contributed by atoms with E-state index in [1.807, 2.05) is 0 Å². The summed E-state index contributed by atoms with van der Waals surface area (Å²) in [7, 11) is 0. The smallest absolute Gasteiger partial charge is 0.0373 e. The van der Waals surface area contributed by atoms with Crippen LogP contribution >= 0.6 is 0 Å². The second-order valence-electron chi connectivity index (χ2n) is 7.20. The van der Waals surface area contributed by atoms with E-state index in [9.17, 15) is 0 Å². The molecule has 1 fully saturated rings. The molecule has 2 nitrogen and oxygen atoms in total. The SMILES string of the molecule is CC/C=C(/C(C)C)N1CCN(c2ccc3cc(C)ccc3c2)CC1. The van der Waals surface area contributed by atoms with E-state index in [4.69, 9.17) is 0 Å². The highest BCUT2D eigenvalue weighted by Gasteiger charge is 2.20. The molecule has 0 N–H and O–H groups in total. The van der Waals surface area contributed by atoms with E-state index in [1.165, 1.54) is 27.7 Å². The van der Waals surface area contributed by atoms with Crippen LogP contribution in [0, 0.1) is 12.8 Å². The molecule has 1 saturated heterocycles. The Kier molecular flexibility index (Phi) is 5.13.